The summed E-state index contributed by atoms with van der Waals surface area (Å²) in [6.45, 7) is 3.23. The van der Waals surface area contributed by atoms with Crippen LogP contribution in [0.25, 0.3) is 0 Å². The number of alkyl halides is 3. The zero-order valence-electron chi connectivity index (χ0n) is 10.9. The van der Waals surface area contributed by atoms with Gasteiger partial charge in [0.25, 0.3) is 0 Å². The minimum absolute atomic E-state index is 0.194. The van der Waals surface area contributed by atoms with Crippen molar-refractivity contribution in [1.82, 2.24) is 4.90 Å². The van der Waals surface area contributed by atoms with Gasteiger partial charge in [-0.2, -0.15) is 13.2 Å². The smallest absolute Gasteiger partial charge is 0.383 e. The van der Waals surface area contributed by atoms with Gasteiger partial charge in [-0.1, -0.05) is 18.2 Å². The highest BCUT2D eigenvalue weighted by molar-refractivity contribution is 5.29. The van der Waals surface area contributed by atoms with Gasteiger partial charge in [-0.3, -0.25) is 0 Å². The Hall–Kier alpha value is -1.07. The van der Waals surface area contributed by atoms with Crippen LogP contribution in [0.3, 0.4) is 0 Å². The summed E-state index contributed by atoms with van der Waals surface area (Å²) in [5.41, 5.74) is 0.232. The number of halogens is 3. The molecular formula is C14H18F3NO. The van der Waals surface area contributed by atoms with E-state index >= 15 is 0 Å². The average molecular weight is 273 g/mol. The molecule has 0 saturated carbocycles. The van der Waals surface area contributed by atoms with Crippen molar-refractivity contribution in [3.8, 4) is 0 Å². The van der Waals surface area contributed by atoms with E-state index < -0.39 is 11.7 Å². The molecule has 2 nitrogen and oxygen atoms in total. The molecule has 0 bridgehead atoms. The monoisotopic (exact) mass is 273 g/mol. The van der Waals surface area contributed by atoms with E-state index in [4.69, 9.17) is 4.74 Å². The summed E-state index contributed by atoms with van der Waals surface area (Å²) in [5, 5.41) is 0. The molecule has 1 heterocycles. The average Bonchev–Trinajstić information content (AvgIpc) is 2.84. The first-order chi connectivity index (χ1) is 9.00. The Labute approximate surface area is 111 Å². The third-order valence-corrected chi connectivity index (χ3v) is 3.57. The fraction of sp³-hybridized carbons (Fsp3) is 0.571. The zero-order valence-corrected chi connectivity index (χ0v) is 10.9. The van der Waals surface area contributed by atoms with E-state index in [-0.39, 0.29) is 5.92 Å². The highest BCUT2D eigenvalue weighted by Crippen LogP contribution is 2.33. The summed E-state index contributed by atoms with van der Waals surface area (Å²) in [4.78, 5) is 2.23. The quantitative estimate of drug-likeness (QED) is 0.835. The highest BCUT2D eigenvalue weighted by Gasteiger charge is 2.31. The molecule has 5 heteroatoms. The molecule has 19 heavy (non-hydrogen) atoms. The summed E-state index contributed by atoms with van der Waals surface area (Å²) in [6.07, 6.45) is -3.35. The second kappa shape index (κ2) is 5.92. The molecule has 0 aromatic heterocycles. The summed E-state index contributed by atoms with van der Waals surface area (Å²) < 4.78 is 43.0. The fourth-order valence-electron chi connectivity index (χ4n) is 2.50. The molecule has 1 aliphatic rings. The first kappa shape index (κ1) is 14.3. The van der Waals surface area contributed by atoms with Gasteiger partial charge >= 0.3 is 6.18 Å². The van der Waals surface area contributed by atoms with Crippen molar-refractivity contribution in [2.24, 2.45) is 0 Å². The fourth-order valence-corrected chi connectivity index (χ4v) is 2.50. The Morgan fingerprint density at radius 1 is 1.37 bits per heavy atom. The van der Waals surface area contributed by atoms with Crippen molar-refractivity contribution < 1.29 is 17.9 Å². The Kier molecular flexibility index (Phi) is 4.47. The molecule has 1 saturated heterocycles. The van der Waals surface area contributed by atoms with Crippen LogP contribution < -0.4 is 0 Å². The van der Waals surface area contributed by atoms with Crippen LogP contribution in [0.5, 0.6) is 0 Å². The molecule has 0 aliphatic carbocycles. The molecule has 2 rings (SSSR count). The number of rotatable bonds is 4. The molecule has 1 fully saturated rings. The first-order valence-electron chi connectivity index (χ1n) is 6.39. The van der Waals surface area contributed by atoms with Gasteiger partial charge in [0, 0.05) is 20.2 Å². The summed E-state index contributed by atoms with van der Waals surface area (Å²) in [7, 11) is 1.65. The predicted molar refractivity (Wildman–Crippen MR) is 67.1 cm³/mol. The molecule has 1 unspecified atom stereocenters. The summed E-state index contributed by atoms with van der Waals surface area (Å²) >= 11 is 0. The molecule has 1 aromatic carbocycles. The van der Waals surface area contributed by atoms with Crippen LogP contribution in [-0.2, 0) is 10.9 Å². The lowest BCUT2D eigenvalue weighted by atomic mass is 9.96. The van der Waals surface area contributed by atoms with Crippen molar-refractivity contribution in [3.63, 3.8) is 0 Å². The molecule has 0 N–H and O–H groups in total. The number of hydrogen-bond donors (Lipinski definition) is 0. The Morgan fingerprint density at radius 3 is 2.84 bits per heavy atom. The van der Waals surface area contributed by atoms with Crippen LogP contribution >= 0.6 is 0 Å². The number of methoxy groups -OCH3 is 1. The largest absolute Gasteiger partial charge is 0.416 e. The number of likely N-dealkylation sites (tertiary alicyclic amines) is 1. The van der Waals surface area contributed by atoms with Crippen LogP contribution in [-0.4, -0.2) is 38.3 Å². The van der Waals surface area contributed by atoms with Crippen LogP contribution in [0.2, 0.25) is 0 Å². The van der Waals surface area contributed by atoms with E-state index in [0.29, 0.717) is 6.61 Å². The molecule has 0 amide bonds. The summed E-state index contributed by atoms with van der Waals surface area (Å²) in [5.74, 6) is 0.194. The maximum atomic E-state index is 12.7. The van der Waals surface area contributed by atoms with Gasteiger partial charge in [0.2, 0.25) is 0 Å². The predicted octanol–water partition coefficient (Wildman–Crippen LogP) is 3.14. The second-order valence-corrected chi connectivity index (χ2v) is 4.90. The van der Waals surface area contributed by atoms with Crippen LogP contribution in [0.15, 0.2) is 24.3 Å². The minimum Gasteiger partial charge on any atom is -0.383 e. The first-order valence-corrected chi connectivity index (χ1v) is 6.39. The number of benzene rings is 1. The Balaban J connectivity index is 2.03. The number of hydrogen-bond acceptors (Lipinski definition) is 2. The van der Waals surface area contributed by atoms with Crippen molar-refractivity contribution in [2.75, 3.05) is 33.4 Å². The number of ether oxygens (including phenoxy) is 1. The third-order valence-electron chi connectivity index (χ3n) is 3.57. The van der Waals surface area contributed by atoms with Crippen LogP contribution in [0, 0.1) is 0 Å². The third kappa shape index (κ3) is 3.70. The van der Waals surface area contributed by atoms with Gasteiger partial charge in [0.15, 0.2) is 0 Å². The van der Waals surface area contributed by atoms with E-state index in [1.807, 2.05) is 0 Å². The second-order valence-electron chi connectivity index (χ2n) is 4.90. The molecule has 1 aromatic rings. The van der Waals surface area contributed by atoms with Gasteiger partial charge in [-0.15, -0.1) is 0 Å². The molecule has 0 spiro atoms. The van der Waals surface area contributed by atoms with Crippen molar-refractivity contribution >= 4 is 0 Å². The SMILES string of the molecule is COCCN1CCC(c2cccc(C(F)(F)F)c2)C1. The Bertz CT molecular complexity index is 419. The zero-order chi connectivity index (χ0) is 13.9. The molecule has 0 radical (unpaired) electrons. The highest BCUT2D eigenvalue weighted by atomic mass is 19.4. The van der Waals surface area contributed by atoms with E-state index in [1.54, 1.807) is 13.2 Å². The van der Waals surface area contributed by atoms with Gasteiger partial charge in [0.05, 0.1) is 12.2 Å². The molecular weight excluding hydrogens is 255 g/mol. The standard InChI is InChI=1S/C14H18F3NO/c1-19-8-7-18-6-5-12(10-18)11-3-2-4-13(9-11)14(15,16)17/h2-4,9,12H,5-8,10H2,1H3. The molecule has 106 valence electrons. The van der Waals surface area contributed by atoms with E-state index in [0.717, 1.165) is 37.7 Å². The van der Waals surface area contributed by atoms with Crippen molar-refractivity contribution in [2.45, 2.75) is 18.5 Å². The van der Waals surface area contributed by atoms with E-state index in [2.05, 4.69) is 4.90 Å². The van der Waals surface area contributed by atoms with Crippen LogP contribution in [0.4, 0.5) is 13.2 Å². The topological polar surface area (TPSA) is 12.5 Å². The minimum atomic E-state index is -4.26. The summed E-state index contributed by atoms with van der Waals surface area (Å²) in [6, 6.07) is 5.70. The van der Waals surface area contributed by atoms with Crippen LogP contribution in [0.1, 0.15) is 23.5 Å². The molecule has 1 atom stereocenters. The lowest BCUT2D eigenvalue weighted by Crippen LogP contribution is -2.24. The Morgan fingerprint density at radius 2 is 2.16 bits per heavy atom. The van der Waals surface area contributed by atoms with Gasteiger partial charge in [0.1, 0.15) is 0 Å². The van der Waals surface area contributed by atoms with E-state index in [9.17, 15) is 13.2 Å². The maximum Gasteiger partial charge on any atom is 0.416 e. The van der Waals surface area contributed by atoms with E-state index in [1.165, 1.54) is 12.1 Å². The van der Waals surface area contributed by atoms with Gasteiger partial charge in [-0.05, 0) is 30.5 Å². The number of nitrogens with zero attached hydrogens (tertiary/aromatic N) is 1. The maximum absolute atomic E-state index is 12.7. The van der Waals surface area contributed by atoms with Gasteiger partial charge < -0.3 is 9.64 Å². The molecule has 1 aliphatic heterocycles. The lowest BCUT2D eigenvalue weighted by Gasteiger charge is -2.16. The van der Waals surface area contributed by atoms with Crippen molar-refractivity contribution in [1.29, 1.82) is 0 Å². The normalized spacial score (nSPS) is 20.9. The van der Waals surface area contributed by atoms with Gasteiger partial charge in [-0.25, -0.2) is 0 Å². The van der Waals surface area contributed by atoms with Crippen molar-refractivity contribution in [3.05, 3.63) is 35.4 Å². The lowest BCUT2D eigenvalue weighted by molar-refractivity contribution is -0.137.